The summed E-state index contributed by atoms with van der Waals surface area (Å²) in [5.74, 6) is 0.591. The normalized spacial score (nSPS) is 14.0. The van der Waals surface area contributed by atoms with Crippen LogP contribution in [0.2, 0.25) is 0 Å². The number of ether oxygens (including phenoxy) is 1. The number of carbonyl (C=O) groups excluding carboxylic acids is 1. The molecule has 0 aliphatic carbocycles. The first kappa shape index (κ1) is 24.6. The van der Waals surface area contributed by atoms with Crippen molar-refractivity contribution >= 4 is 27.3 Å². The van der Waals surface area contributed by atoms with Crippen LogP contribution in [0.5, 0.6) is 5.75 Å². The van der Waals surface area contributed by atoms with Crippen LogP contribution in [0, 0.1) is 13.8 Å². The fourth-order valence-corrected chi connectivity index (χ4v) is 5.73. The second-order valence-electron chi connectivity index (χ2n) is 8.68. The van der Waals surface area contributed by atoms with E-state index < -0.39 is 10.0 Å². The van der Waals surface area contributed by atoms with Crippen LogP contribution in [-0.4, -0.2) is 59.1 Å². The van der Waals surface area contributed by atoms with Crippen molar-refractivity contribution in [2.45, 2.75) is 18.7 Å². The van der Waals surface area contributed by atoms with E-state index in [9.17, 15) is 13.2 Å². The number of methoxy groups -OCH3 is 1. The van der Waals surface area contributed by atoms with E-state index in [0.29, 0.717) is 31.9 Å². The number of hydrogen-bond donors (Lipinski definition) is 0. The molecule has 1 heterocycles. The van der Waals surface area contributed by atoms with Crippen molar-refractivity contribution in [2.75, 3.05) is 49.0 Å². The van der Waals surface area contributed by atoms with Crippen LogP contribution in [0.15, 0.2) is 77.7 Å². The summed E-state index contributed by atoms with van der Waals surface area (Å²) in [5, 5.41) is 0. The summed E-state index contributed by atoms with van der Waals surface area (Å²) in [4.78, 5) is 17.5. The molecule has 0 unspecified atom stereocenters. The zero-order chi connectivity index (χ0) is 25.0. The predicted octanol–water partition coefficient (Wildman–Crippen LogP) is 3.86. The second kappa shape index (κ2) is 10.4. The highest BCUT2D eigenvalue weighted by atomic mass is 32.2. The van der Waals surface area contributed by atoms with Gasteiger partial charge < -0.3 is 14.5 Å². The van der Waals surface area contributed by atoms with Crippen molar-refractivity contribution in [1.82, 2.24) is 4.90 Å². The first-order valence-corrected chi connectivity index (χ1v) is 13.1. The molecule has 1 aliphatic rings. The third-order valence-corrected chi connectivity index (χ3v) is 8.09. The lowest BCUT2D eigenvalue weighted by Crippen LogP contribution is -2.52. The zero-order valence-electron chi connectivity index (χ0n) is 20.3. The number of anilines is 2. The van der Waals surface area contributed by atoms with Crippen LogP contribution in [-0.2, 0) is 14.8 Å². The first-order valence-electron chi connectivity index (χ1n) is 11.6. The highest BCUT2D eigenvalue weighted by Gasteiger charge is 2.31. The van der Waals surface area contributed by atoms with Gasteiger partial charge in [0.2, 0.25) is 5.91 Å². The molecule has 3 aromatic rings. The van der Waals surface area contributed by atoms with Crippen LogP contribution in [0.25, 0.3) is 0 Å². The standard InChI is InChI=1S/C27H31N3O4S/c1-21-9-10-22(2)26(19-21)30(35(32,33)25-7-5-4-6-8-25)20-27(31)29-17-15-28(16-18-29)23-11-13-24(34-3)14-12-23/h4-14,19H,15-18,20H2,1-3H3. The molecule has 0 atom stereocenters. The summed E-state index contributed by atoms with van der Waals surface area (Å²) >= 11 is 0. The maximum absolute atomic E-state index is 13.6. The molecule has 0 saturated carbocycles. The van der Waals surface area contributed by atoms with E-state index in [1.165, 1.54) is 4.31 Å². The monoisotopic (exact) mass is 493 g/mol. The van der Waals surface area contributed by atoms with Crippen molar-refractivity contribution in [3.05, 3.63) is 83.9 Å². The SMILES string of the molecule is COc1ccc(N2CCN(C(=O)CN(c3cc(C)ccc3C)S(=O)(=O)c3ccccc3)CC2)cc1. The van der Waals surface area contributed by atoms with Crippen molar-refractivity contribution in [3.63, 3.8) is 0 Å². The van der Waals surface area contributed by atoms with Gasteiger partial charge in [-0.05, 0) is 67.4 Å². The summed E-state index contributed by atoms with van der Waals surface area (Å²) in [6.45, 7) is 5.93. The number of carbonyl (C=O) groups is 1. The smallest absolute Gasteiger partial charge is 0.264 e. The van der Waals surface area contributed by atoms with Crippen molar-refractivity contribution in [2.24, 2.45) is 0 Å². The van der Waals surface area contributed by atoms with Crippen molar-refractivity contribution < 1.29 is 17.9 Å². The van der Waals surface area contributed by atoms with Gasteiger partial charge in [-0.2, -0.15) is 0 Å². The number of amides is 1. The molecule has 1 amide bonds. The summed E-state index contributed by atoms with van der Waals surface area (Å²) in [6.07, 6.45) is 0. The number of benzene rings is 3. The Hall–Kier alpha value is -3.52. The molecular formula is C27H31N3O4S. The molecule has 8 heteroatoms. The summed E-state index contributed by atoms with van der Waals surface area (Å²) in [7, 11) is -2.29. The maximum atomic E-state index is 13.6. The van der Waals surface area contributed by atoms with Gasteiger partial charge in [-0.1, -0.05) is 30.3 Å². The van der Waals surface area contributed by atoms with Gasteiger partial charge in [-0.15, -0.1) is 0 Å². The molecule has 1 fully saturated rings. The van der Waals surface area contributed by atoms with Gasteiger partial charge >= 0.3 is 0 Å². The number of aryl methyl sites for hydroxylation is 2. The van der Waals surface area contributed by atoms with E-state index in [-0.39, 0.29) is 17.3 Å². The van der Waals surface area contributed by atoms with Crippen LogP contribution >= 0.6 is 0 Å². The molecule has 0 radical (unpaired) electrons. The molecule has 0 bridgehead atoms. The van der Waals surface area contributed by atoms with Gasteiger partial charge in [0.25, 0.3) is 10.0 Å². The minimum Gasteiger partial charge on any atom is -0.497 e. The largest absolute Gasteiger partial charge is 0.497 e. The van der Waals surface area contributed by atoms with Crippen molar-refractivity contribution in [3.8, 4) is 5.75 Å². The van der Waals surface area contributed by atoms with E-state index in [4.69, 9.17) is 4.74 Å². The highest BCUT2D eigenvalue weighted by molar-refractivity contribution is 7.92. The fraction of sp³-hybridized carbons (Fsp3) is 0.296. The Bertz CT molecular complexity index is 1270. The Morgan fingerprint density at radius 1 is 0.914 bits per heavy atom. The third-order valence-electron chi connectivity index (χ3n) is 6.31. The molecule has 7 nitrogen and oxygen atoms in total. The second-order valence-corrected chi connectivity index (χ2v) is 10.5. The topological polar surface area (TPSA) is 70.2 Å². The van der Waals surface area contributed by atoms with Gasteiger partial charge in [-0.25, -0.2) is 8.42 Å². The molecular weight excluding hydrogens is 462 g/mol. The van der Waals surface area contributed by atoms with E-state index in [2.05, 4.69) is 4.90 Å². The molecule has 1 aliphatic heterocycles. The third kappa shape index (κ3) is 5.43. The molecule has 0 spiro atoms. The lowest BCUT2D eigenvalue weighted by atomic mass is 10.1. The van der Waals surface area contributed by atoms with Gasteiger partial charge in [-0.3, -0.25) is 9.10 Å². The highest BCUT2D eigenvalue weighted by Crippen LogP contribution is 2.28. The quantitative estimate of drug-likeness (QED) is 0.500. The Kier molecular flexibility index (Phi) is 7.31. The molecule has 0 aromatic heterocycles. The molecule has 184 valence electrons. The number of sulfonamides is 1. The Labute approximate surface area is 207 Å². The summed E-state index contributed by atoms with van der Waals surface area (Å²) in [5.41, 5.74) is 3.33. The fourth-order valence-electron chi connectivity index (χ4n) is 4.24. The van der Waals surface area contributed by atoms with E-state index in [1.54, 1.807) is 42.3 Å². The van der Waals surface area contributed by atoms with Crippen LogP contribution in [0.4, 0.5) is 11.4 Å². The molecule has 1 saturated heterocycles. The van der Waals surface area contributed by atoms with Crippen molar-refractivity contribution in [1.29, 1.82) is 0 Å². The van der Waals surface area contributed by atoms with Gasteiger partial charge in [0, 0.05) is 31.9 Å². The Balaban J connectivity index is 1.53. The Morgan fingerprint density at radius 2 is 1.57 bits per heavy atom. The maximum Gasteiger partial charge on any atom is 0.264 e. The van der Waals surface area contributed by atoms with E-state index in [0.717, 1.165) is 22.6 Å². The zero-order valence-corrected chi connectivity index (χ0v) is 21.2. The van der Waals surface area contributed by atoms with E-state index >= 15 is 0 Å². The number of rotatable bonds is 7. The number of piperazine rings is 1. The molecule has 0 N–H and O–H groups in total. The lowest BCUT2D eigenvalue weighted by molar-refractivity contribution is -0.129. The van der Waals surface area contributed by atoms with Crippen LogP contribution < -0.4 is 13.9 Å². The molecule has 4 rings (SSSR count). The summed E-state index contributed by atoms with van der Waals surface area (Å²) < 4.78 is 33.8. The minimum absolute atomic E-state index is 0.165. The number of nitrogens with zero attached hydrogens (tertiary/aromatic N) is 3. The van der Waals surface area contributed by atoms with Crippen LogP contribution in [0.3, 0.4) is 0 Å². The Morgan fingerprint density at radius 3 is 2.20 bits per heavy atom. The van der Waals surface area contributed by atoms with Gasteiger partial charge in [0.1, 0.15) is 12.3 Å². The average Bonchev–Trinajstić information content (AvgIpc) is 2.89. The average molecular weight is 494 g/mol. The van der Waals surface area contributed by atoms with Gasteiger partial charge in [0.15, 0.2) is 0 Å². The molecule has 35 heavy (non-hydrogen) atoms. The number of hydrogen-bond acceptors (Lipinski definition) is 5. The predicted molar refractivity (Wildman–Crippen MR) is 139 cm³/mol. The minimum atomic E-state index is -3.92. The van der Waals surface area contributed by atoms with E-state index in [1.807, 2.05) is 56.3 Å². The summed E-state index contributed by atoms with van der Waals surface area (Å²) in [6, 6.07) is 21.8. The molecule has 3 aromatic carbocycles. The van der Waals surface area contributed by atoms with Gasteiger partial charge in [0.05, 0.1) is 17.7 Å². The van der Waals surface area contributed by atoms with Crippen LogP contribution in [0.1, 0.15) is 11.1 Å². The lowest BCUT2D eigenvalue weighted by Gasteiger charge is -2.37. The first-order chi connectivity index (χ1) is 16.8.